The van der Waals surface area contributed by atoms with Crippen molar-refractivity contribution in [1.29, 1.82) is 5.41 Å². The zero-order chi connectivity index (χ0) is 16.3. The van der Waals surface area contributed by atoms with Crippen LogP contribution >= 0.6 is 0 Å². The first-order valence-electron chi connectivity index (χ1n) is 7.36. The maximum Gasteiger partial charge on any atom is 0.133 e. The number of benzene rings is 1. The minimum atomic E-state index is -1.20. The van der Waals surface area contributed by atoms with Crippen LogP contribution in [0.15, 0.2) is 30.3 Å². The van der Waals surface area contributed by atoms with Crippen molar-refractivity contribution in [3.8, 4) is 0 Å². The number of nitrogens with two attached hydrogens (primary N) is 1. The van der Waals surface area contributed by atoms with Crippen molar-refractivity contribution in [3.63, 3.8) is 0 Å². The summed E-state index contributed by atoms with van der Waals surface area (Å²) < 4.78 is 27.1. The Morgan fingerprint density at radius 1 is 1.32 bits per heavy atom. The lowest BCUT2D eigenvalue weighted by atomic mass is 9.73. The number of hydrogen-bond donors (Lipinski definition) is 2. The fourth-order valence-corrected chi connectivity index (χ4v) is 3.00. The smallest absolute Gasteiger partial charge is 0.133 e. The Kier molecular flexibility index (Phi) is 5.06. The Morgan fingerprint density at radius 3 is 2.55 bits per heavy atom. The predicted molar refractivity (Wildman–Crippen MR) is 82.7 cm³/mol. The van der Waals surface area contributed by atoms with E-state index in [1.807, 2.05) is 0 Å². The molecule has 0 aromatic heterocycles. The summed E-state index contributed by atoms with van der Waals surface area (Å²) in [4.78, 5) is 11.7. The van der Waals surface area contributed by atoms with E-state index in [2.05, 4.69) is 0 Å². The lowest BCUT2D eigenvalue weighted by Gasteiger charge is -2.32. The van der Waals surface area contributed by atoms with Gasteiger partial charge in [0.05, 0.1) is 0 Å². The Bertz CT molecular complexity index is 595. The fourth-order valence-electron chi connectivity index (χ4n) is 3.00. The van der Waals surface area contributed by atoms with Crippen LogP contribution in [0.2, 0.25) is 0 Å². The van der Waals surface area contributed by atoms with Crippen LogP contribution in [-0.4, -0.2) is 17.7 Å². The van der Waals surface area contributed by atoms with Crippen LogP contribution in [0.1, 0.15) is 31.7 Å². The van der Waals surface area contributed by atoms with Crippen LogP contribution in [0, 0.1) is 23.1 Å². The van der Waals surface area contributed by atoms with Crippen molar-refractivity contribution in [2.24, 2.45) is 17.6 Å². The second-order valence-corrected chi connectivity index (χ2v) is 5.75. The third-order valence-electron chi connectivity index (χ3n) is 4.19. The number of halogens is 2. The van der Waals surface area contributed by atoms with Gasteiger partial charge < -0.3 is 11.1 Å². The largest absolute Gasteiger partial charge is 0.398 e. The Morgan fingerprint density at radius 2 is 1.95 bits per heavy atom. The van der Waals surface area contributed by atoms with Crippen LogP contribution in [0.3, 0.4) is 0 Å². The number of Topliss-reactive ketones (excluding diaryl/α,β-unsaturated/α-hetero) is 1. The number of rotatable bonds is 4. The van der Waals surface area contributed by atoms with Gasteiger partial charge in [-0.3, -0.25) is 4.79 Å². The summed E-state index contributed by atoms with van der Waals surface area (Å²) in [6, 6.07) is 5.56. The van der Waals surface area contributed by atoms with Crippen molar-refractivity contribution in [3.05, 3.63) is 41.7 Å². The Balaban J connectivity index is 2.23. The highest BCUT2D eigenvalue weighted by atomic mass is 19.1. The molecule has 0 amide bonds. The first-order valence-corrected chi connectivity index (χ1v) is 7.36. The van der Waals surface area contributed by atoms with E-state index in [9.17, 15) is 13.6 Å². The van der Waals surface area contributed by atoms with E-state index < -0.39 is 18.0 Å². The van der Waals surface area contributed by atoms with E-state index >= 15 is 0 Å². The van der Waals surface area contributed by atoms with Gasteiger partial charge in [0.1, 0.15) is 17.8 Å². The van der Waals surface area contributed by atoms with E-state index in [1.54, 1.807) is 0 Å². The zero-order valence-electron chi connectivity index (χ0n) is 12.5. The molecular formula is C17H20F2N2O. The summed E-state index contributed by atoms with van der Waals surface area (Å²) in [7, 11) is 0. The molecule has 1 fully saturated rings. The molecule has 3 atom stereocenters. The normalized spacial score (nSPS) is 25.8. The van der Waals surface area contributed by atoms with Crippen molar-refractivity contribution in [2.45, 2.75) is 32.4 Å². The second kappa shape index (κ2) is 6.81. The molecule has 1 aliphatic carbocycles. The summed E-state index contributed by atoms with van der Waals surface area (Å²) in [6.07, 6.45) is 1.80. The van der Waals surface area contributed by atoms with Crippen LogP contribution < -0.4 is 5.73 Å². The van der Waals surface area contributed by atoms with Crippen molar-refractivity contribution < 1.29 is 13.6 Å². The number of nitrogens with one attached hydrogen (secondary N) is 1. The second-order valence-electron chi connectivity index (χ2n) is 5.75. The molecule has 0 bridgehead atoms. The average Bonchev–Trinajstić information content (AvgIpc) is 2.47. The van der Waals surface area contributed by atoms with Gasteiger partial charge in [0.2, 0.25) is 0 Å². The molecule has 3 nitrogen and oxygen atoms in total. The van der Waals surface area contributed by atoms with E-state index in [1.165, 1.54) is 37.3 Å². The molecule has 2 rings (SSSR count). The number of carbonyl (C=O) groups is 1. The van der Waals surface area contributed by atoms with Gasteiger partial charge in [-0.05, 0) is 50.0 Å². The summed E-state index contributed by atoms with van der Waals surface area (Å²) in [5, 5.41) is 8.14. The van der Waals surface area contributed by atoms with Gasteiger partial charge in [-0.1, -0.05) is 12.1 Å². The fraction of sp³-hybridized carbons (Fsp3) is 0.412. The molecule has 3 N–H and O–H groups in total. The maximum absolute atomic E-state index is 14.2. The molecule has 0 spiro atoms. The standard InChI is InChI=1S/C17H20F2N2O/c1-10(22)13-3-2-4-14(19)17(13)16(21)9-15(20)11-5-7-12(18)8-6-11/h5-9,13-14,17,21H,2-4,20H2,1H3/b15-9-,21-16?. The minimum Gasteiger partial charge on any atom is -0.398 e. The number of allylic oxidation sites excluding steroid dienone is 1. The van der Waals surface area contributed by atoms with Crippen molar-refractivity contribution >= 4 is 17.2 Å². The molecule has 1 aromatic carbocycles. The lowest BCUT2D eigenvalue weighted by molar-refractivity contribution is -0.123. The predicted octanol–water partition coefficient (Wildman–Crippen LogP) is 3.49. The highest BCUT2D eigenvalue weighted by Gasteiger charge is 2.38. The number of carbonyl (C=O) groups excluding carboxylic acids is 1. The van der Waals surface area contributed by atoms with E-state index in [0.717, 1.165) is 0 Å². The molecule has 0 radical (unpaired) electrons. The topological polar surface area (TPSA) is 66.9 Å². The average molecular weight is 306 g/mol. The molecule has 1 saturated carbocycles. The monoisotopic (exact) mass is 306 g/mol. The van der Waals surface area contributed by atoms with Gasteiger partial charge in [-0.25, -0.2) is 8.78 Å². The Hall–Kier alpha value is -2.04. The molecule has 0 aliphatic heterocycles. The number of alkyl halides is 1. The summed E-state index contributed by atoms with van der Waals surface area (Å²) in [6.45, 7) is 1.44. The SMILES string of the molecule is CC(=O)C1CCCC(F)C1C(=N)/C=C(\N)c1ccc(F)cc1. The van der Waals surface area contributed by atoms with Crippen molar-refractivity contribution in [1.82, 2.24) is 0 Å². The van der Waals surface area contributed by atoms with Gasteiger partial charge in [-0.2, -0.15) is 0 Å². The maximum atomic E-state index is 14.2. The summed E-state index contributed by atoms with van der Waals surface area (Å²) in [5.74, 6) is -1.68. The molecule has 1 aromatic rings. The van der Waals surface area contributed by atoms with Crippen LogP contribution in [0.4, 0.5) is 8.78 Å². The first kappa shape index (κ1) is 16.3. The molecule has 0 heterocycles. The van der Waals surface area contributed by atoms with Gasteiger partial charge in [0.25, 0.3) is 0 Å². The summed E-state index contributed by atoms with van der Waals surface area (Å²) in [5.41, 5.74) is 6.77. The third kappa shape index (κ3) is 3.59. The highest BCUT2D eigenvalue weighted by molar-refractivity contribution is 6.02. The van der Waals surface area contributed by atoms with Gasteiger partial charge in [-0.15, -0.1) is 0 Å². The van der Waals surface area contributed by atoms with Gasteiger partial charge in [0.15, 0.2) is 0 Å². The lowest BCUT2D eigenvalue weighted by Crippen LogP contribution is -2.38. The molecule has 3 unspecified atom stereocenters. The molecular weight excluding hydrogens is 286 g/mol. The van der Waals surface area contributed by atoms with Crippen LogP contribution in [0.25, 0.3) is 5.70 Å². The molecule has 1 aliphatic rings. The molecule has 118 valence electrons. The van der Waals surface area contributed by atoms with Crippen LogP contribution in [-0.2, 0) is 4.79 Å². The quantitative estimate of drug-likeness (QED) is 0.836. The number of ketones is 1. The van der Waals surface area contributed by atoms with E-state index in [0.29, 0.717) is 24.8 Å². The third-order valence-corrected chi connectivity index (χ3v) is 4.19. The highest BCUT2D eigenvalue weighted by Crippen LogP contribution is 2.34. The number of hydrogen-bond acceptors (Lipinski definition) is 3. The van der Waals surface area contributed by atoms with Gasteiger partial charge >= 0.3 is 0 Å². The van der Waals surface area contributed by atoms with Crippen LogP contribution in [0.5, 0.6) is 0 Å². The summed E-state index contributed by atoms with van der Waals surface area (Å²) >= 11 is 0. The van der Waals surface area contributed by atoms with Gasteiger partial charge in [0, 0.05) is 23.2 Å². The molecule has 22 heavy (non-hydrogen) atoms. The minimum absolute atomic E-state index is 0.0224. The molecule has 0 saturated heterocycles. The molecule has 5 heteroatoms. The van der Waals surface area contributed by atoms with Crippen molar-refractivity contribution in [2.75, 3.05) is 0 Å². The zero-order valence-corrected chi connectivity index (χ0v) is 12.5. The Labute approximate surface area is 128 Å². The first-order chi connectivity index (χ1) is 10.4. The van der Waals surface area contributed by atoms with E-state index in [4.69, 9.17) is 11.1 Å². The van der Waals surface area contributed by atoms with E-state index in [-0.39, 0.29) is 23.0 Å².